The lowest BCUT2D eigenvalue weighted by atomic mass is 10.2. The minimum atomic E-state index is -4.53. The zero-order valence-electron chi connectivity index (χ0n) is 14.2. The van der Waals surface area contributed by atoms with Crippen LogP contribution in [0.5, 0.6) is 0 Å². The number of nitrogens with zero attached hydrogens (tertiary/aromatic N) is 2. The van der Waals surface area contributed by atoms with Crippen LogP contribution in [0, 0.1) is 0 Å². The van der Waals surface area contributed by atoms with Crippen molar-refractivity contribution < 1.29 is 17.9 Å². The van der Waals surface area contributed by atoms with Crippen molar-refractivity contribution in [2.75, 3.05) is 19.7 Å². The van der Waals surface area contributed by atoms with E-state index in [0.717, 1.165) is 32.3 Å². The molecule has 2 fully saturated rings. The van der Waals surface area contributed by atoms with Crippen molar-refractivity contribution in [3.05, 3.63) is 16.4 Å². The maximum Gasteiger partial charge on any atom is 0.436 e. The third kappa shape index (κ3) is 5.01. The third-order valence-electron chi connectivity index (χ3n) is 4.51. The fourth-order valence-electron chi connectivity index (χ4n) is 3.06. The summed E-state index contributed by atoms with van der Waals surface area (Å²) in [6, 6.07) is 0. The Morgan fingerprint density at radius 3 is 2.69 bits per heavy atom. The number of thiocarbonyl (C=S) groups is 1. The van der Waals surface area contributed by atoms with Gasteiger partial charge in [0.25, 0.3) is 0 Å². The van der Waals surface area contributed by atoms with Crippen LogP contribution in [0.3, 0.4) is 0 Å². The molecule has 26 heavy (non-hydrogen) atoms. The second-order valence-electron chi connectivity index (χ2n) is 6.67. The number of nitrogens with one attached hydrogen (secondary N) is 2. The van der Waals surface area contributed by atoms with Gasteiger partial charge in [-0.25, -0.2) is 0 Å². The zero-order valence-corrected chi connectivity index (χ0v) is 15.8. The molecule has 1 saturated heterocycles. The quantitative estimate of drug-likeness (QED) is 0.532. The molecule has 2 aliphatic rings. The van der Waals surface area contributed by atoms with E-state index in [1.807, 2.05) is 0 Å². The van der Waals surface area contributed by atoms with Crippen molar-refractivity contribution in [2.45, 2.75) is 56.8 Å². The van der Waals surface area contributed by atoms with Crippen molar-refractivity contribution >= 4 is 28.9 Å². The van der Waals surface area contributed by atoms with Crippen molar-refractivity contribution in [3.8, 4) is 0 Å². The van der Waals surface area contributed by atoms with Gasteiger partial charge in [-0.15, -0.1) is 0 Å². The fraction of sp³-hybridized carbons (Fsp3) is 0.750. The van der Waals surface area contributed by atoms with Crippen LogP contribution in [0.15, 0.2) is 0 Å². The van der Waals surface area contributed by atoms with Crippen LogP contribution in [-0.2, 0) is 17.5 Å². The number of ether oxygens (including phenoxy) is 1. The van der Waals surface area contributed by atoms with Crippen LogP contribution in [0.4, 0.5) is 13.2 Å². The molecular weight excluding hydrogens is 389 g/mol. The first-order chi connectivity index (χ1) is 12.4. The normalized spacial score (nSPS) is 20.4. The van der Waals surface area contributed by atoms with Gasteiger partial charge in [0, 0.05) is 32.2 Å². The molecule has 0 amide bonds. The number of hydrogen-bond acceptors (Lipinski definition) is 3. The Bertz CT molecular complexity index is 642. The molecule has 0 radical (unpaired) electrons. The van der Waals surface area contributed by atoms with Gasteiger partial charge < -0.3 is 15.4 Å². The lowest BCUT2D eigenvalue weighted by Crippen LogP contribution is -2.39. The number of aryl methyl sites for hydroxylation is 1. The van der Waals surface area contributed by atoms with Gasteiger partial charge in [0.15, 0.2) is 10.8 Å². The summed E-state index contributed by atoms with van der Waals surface area (Å²) in [4.78, 5) is 0. The van der Waals surface area contributed by atoms with Crippen molar-refractivity contribution in [2.24, 2.45) is 0 Å². The molecular formula is C16H22ClF3N4OS. The van der Waals surface area contributed by atoms with E-state index in [2.05, 4.69) is 15.7 Å². The second kappa shape index (κ2) is 8.31. The minimum absolute atomic E-state index is 0.0909. The first kappa shape index (κ1) is 19.7. The maximum absolute atomic E-state index is 13.0. The predicted molar refractivity (Wildman–Crippen MR) is 96.4 cm³/mol. The number of halogens is 4. The Hall–Kier alpha value is -1.06. The summed E-state index contributed by atoms with van der Waals surface area (Å²) in [6.07, 6.45) is 0.0806. The summed E-state index contributed by atoms with van der Waals surface area (Å²) in [7, 11) is 0. The monoisotopic (exact) mass is 410 g/mol. The Kier molecular flexibility index (Phi) is 6.29. The van der Waals surface area contributed by atoms with Crippen LogP contribution in [0.2, 0.25) is 5.02 Å². The number of alkyl halides is 3. The van der Waals surface area contributed by atoms with Gasteiger partial charge in [-0.1, -0.05) is 11.6 Å². The maximum atomic E-state index is 13.0. The molecule has 1 aliphatic heterocycles. The average Bonchev–Trinajstić information content (AvgIpc) is 3.14. The SMILES string of the molecule is FC(F)(F)c1nn(CCCNC(=S)NCC2CCCO2)c(C2CC2)c1Cl. The first-order valence-electron chi connectivity index (χ1n) is 8.83. The van der Waals surface area contributed by atoms with E-state index in [-0.39, 0.29) is 17.0 Å². The molecule has 1 aliphatic carbocycles. The van der Waals surface area contributed by atoms with Crippen LogP contribution >= 0.6 is 23.8 Å². The van der Waals surface area contributed by atoms with E-state index in [4.69, 9.17) is 28.6 Å². The Morgan fingerprint density at radius 1 is 1.31 bits per heavy atom. The number of rotatable bonds is 7. The summed E-state index contributed by atoms with van der Waals surface area (Å²) < 4.78 is 46.0. The van der Waals surface area contributed by atoms with Crippen molar-refractivity contribution in [3.63, 3.8) is 0 Å². The average molecular weight is 411 g/mol. The Balaban J connectivity index is 1.46. The summed E-state index contributed by atoms with van der Waals surface area (Å²) in [5.41, 5.74) is -0.471. The van der Waals surface area contributed by atoms with Crippen molar-refractivity contribution in [1.29, 1.82) is 0 Å². The van der Waals surface area contributed by atoms with Crippen LogP contribution in [-0.4, -0.2) is 40.7 Å². The highest BCUT2D eigenvalue weighted by atomic mass is 35.5. The lowest BCUT2D eigenvalue weighted by Gasteiger charge is -2.14. The van der Waals surface area contributed by atoms with Gasteiger partial charge >= 0.3 is 6.18 Å². The van der Waals surface area contributed by atoms with Gasteiger partial charge in [0.05, 0.1) is 16.8 Å². The smallest absolute Gasteiger partial charge is 0.376 e. The molecule has 2 heterocycles. The van der Waals surface area contributed by atoms with Gasteiger partial charge in [-0.3, -0.25) is 4.68 Å². The molecule has 146 valence electrons. The first-order valence-corrected chi connectivity index (χ1v) is 9.61. The molecule has 0 bridgehead atoms. The zero-order chi connectivity index (χ0) is 18.7. The van der Waals surface area contributed by atoms with Gasteiger partial charge in [0.1, 0.15) is 0 Å². The largest absolute Gasteiger partial charge is 0.436 e. The minimum Gasteiger partial charge on any atom is -0.376 e. The molecule has 1 saturated carbocycles. The molecule has 1 atom stereocenters. The highest BCUT2D eigenvalue weighted by Crippen LogP contribution is 2.46. The van der Waals surface area contributed by atoms with E-state index < -0.39 is 11.9 Å². The summed E-state index contributed by atoms with van der Waals surface area (Å²) in [6.45, 7) is 2.37. The lowest BCUT2D eigenvalue weighted by molar-refractivity contribution is -0.141. The van der Waals surface area contributed by atoms with Crippen LogP contribution in [0.25, 0.3) is 0 Å². The van der Waals surface area contributed by atoms with E-state index in [1.165, 1.54) is 4.68 Å². The summed E-state index contributed by atoms with van der Waals surface area (Å²) >= 11 is 11.2. The van der Waals surface area contributed by atoms with E-state index >= 15 is 0 Å². The highest BCUT2D eigenvalue weighted by Gasteiger charge is 2.41. The molecule has 5 nitrogen and oxygen atoms in total. The Labute approximate surface area is 160 Å². The topological polar surface area (TPSA) is 51.1 Å². The number of aromatic nitrogens is 2. The predicted octanol–water partition coefficient (Wildman–Crippen LogP) is 3.47. The fourth-order valence-corrected chi connectivity index (χ4v) is 3.64. The van der Waals surface area contributed by atoms with E-state index in [0.29, 0.717) is 36.9 Å². The summed E-state index contributed by atoms with van der Waals surface area (Å²) in [5.74, 6) is 0.0909. The molecule has 1 aromatic heterocycles. The molecule has 1 aromatic rings. The molecule has 0 spiro atoms. The molecule has 1 unspecified atom stereocenters. The Morgan fingerprint density at radius 2 is 2.08 bits per heavy atom. The van der Waals surface area contributed by atoms with E-state index in [1.54, 1.807) is 0 Å². The molecule has 0 aromatic carbocycles. The van der Waals surface area contributed by atoms with Gasteiger partial charge in [0.2, 0.25) is 0 Å². The van der Waals surface area contributed by atoms with Gasteiger partial charge in [-0.2, -0.15) is 18.3 Å². The standard InChI is InChI=1S/C16H22ClF3N4OS/c17-12-13(10-4-5-10)24(23-14(12)16(18,19)20)7-2-6-21-15(26)22-9-11-3-1-8-25-11/h10-11H,1-9H2,(H2,21,22,26). The van der Waals surface area contributed by atoms with Crippen molar-refractivity contribution in [1.82, 2.24) is 20.4 Å². The second-order valence-corrected chi connectivity index (χ2v) is 7.45. The van der Waals surface area contributed by atoms with Crippen LogP contribution < -0.4 is 10.6 Å². The number of hydrogen-bond donors (Lipinski definition) is 2. The molecule has 2 N–H and O–H groups in total. The highest BCUT2D eigenvalue weighted by molar-refractivity contribution is 7.80. The van der Waals surface area contributed by atoms with Crippen LogP contribution in [0.1, 0.15) is 49.4 Å². The summed E-state index contributed by atoms with van der Waals surface area (Å²) in [5, 5.41) is 10.2. The van der Waals surface area contributed by atoms with E-state index in [9.17, 15) is 13.2 Å². The molecule has 3 rings (SSSR count). The van der Waals surface area contributed by atoms with Gasteiger partial charge in [-0.05, 0) is 44.3 Å². The third-order valence-corrected chi connectivity index (χ3v) is 5.17. The molecule has 10 heteroatoms.